The summed E-state index contributed by atoms with van der Waals surface area (Å²) in [6.07, 6.45) is 3.96. The quantitative estimate of drug-likeness (QED) is 0.611. The number of methoxy groups -OCH3 is 1. The second-order valence-electron chi connectivity index (χ2n) is 7.27. The summed E-state index contributed by atoms with van der Waals surface area (Å²) in [5.74, 6) is 1.47. The molecule has 1 aliphatic rings. The van der Waals surface area contributed by atoms with Gasteiger partial charge < -0.3 is 24.7 Å². The second kappa shape index (κ2) is 8.10. The molecule has 0 radical (unpaired) electrons. The van der Waals surface area contributed by atoms with Gasteiger partial charge in [0.2, 0.25) is 0 Å². The Morgan fingerprint density at radius 3 is 3.04 bits per heavy atom. The Kier molecular flexibility index (Phi) is 5.39. The smallest absolute Gasteiger partial charge is 0.146 e. The largest absolute Gasteiger partial charge is 0.497 e. The molecule has 28 heavy (non-hydrogen) atoms. The van der Waals surface area contributed by atoms with Crippen molar-refractivity contribution < 1.29 is 13.9 Å². The predicted octanol–water partition coefficient (Wildman–Crippen LogP) is 3.74. The van der Waals surface area contributed by atoms with E-state index in [1.807, 2.05) is 24.4 Å². The molecule has 1 aliphatic heterocycles. The van der Waals surface area contributed by atoms with Crippen LogP contribution in [0.1, 0.15) is 12.0 Å². The SMILES string of the molecule is COc1ccc2c(c1)OC(CNCCCc1c[nH]c3ccc(F)cc13)CN2C. The van der Waals surface area contributed by atoms with Gasteiger partial charge >= 0.3 is 0 Å². The number of likely N-dealkylation sites (N-methyl/N-ethyl adjacent to an activating group) is 1. The Morgan fingerprint density at radius 2 is 2.18 bits per heavy atom. The summed E-state index contributed by atoms with van der Waals surface area (Å²) in [7, 11) is 3.74. The van der Waals surface area contributed by atoms with Crippen molar-refractivity contribution in [3.8, 4) is 11.5 Å². The van der Waals surface area contributed by atoms with Crippen LogP contribution in [0.5, 0.6) is 11.5 Å². The van der Waals surface area contributed by atoms with Gasteiger partial charge in [-0.15, -0.1) is 0 Å². The van der Waals surface area contributed by atoms with Crippen molar-refractivity contribution in [2.24, 2.45) is 0 Å². The summed E-state index contributed by atoms with van der Waals surface area (Å²) < 4.78 is 24.9. The van der Waals surface area contributed by atoms with Gasteiger partial charge in [0.15, 0.2) is 0 Å². The first kappa shape index (κ1) is 18.6. The molecule has 6 heteroatoms. The first-order valence-electron chi connectivity index (χ1n) is 9.66. The van der Waals surface area contributed by atoms with Gasteiger partial charge in [0.25, 0.3) is 0 Å². The first-order chi connectivity index (χ1) is 13.6. The summed E-state index contributed by atoms with van der Waals surface area (Å²) in [5.41, 5.74) is 3.23. The lowest BCUT2D eigenvalue weighted by Crippen LogP contribution is -2.43. The number of H-pyrrole nitrogens is 1. The van der Waals surface area contributed by atoms with Crippen molar-refractivity contribution in [2.75, 3.05) is 38.7 Å². The van der Waals surface area contributed by atoms with E-state index >= 15 is 0 Å². The molecule has 1 aromatic heterocycles. The maximum Gasteiger partial charge on any atom is 0.146 e. The van der Waals surface area contributed by atoms with Gasteiger partial charge in [-0.2, -0.15) is 0 Å². The lowest BCUT2D eigenvalue weighted by molar-refractivity contribution is 0.191. The minimum atomic E-state index is -0.193. The predicted molar refractivity (Wildman–Crippen MR) is 110 cm³/mol. The molecule has 0 bridgehead atoms. The molecule has 0 amide bonds. The molecule has 0 saturated heterocycles. The molecular weight excluding hydrogens is 357 g/mol. The average molecular weight is 383 g/mol. The zero-order chi connectivity index (χ0) is 19.5. The molecule has 4 rings (SSSR count). The molecule has 0 spiro atoms. The van der Waals surface area contributed by atoms with Crippen molar-refractivity contribution >= 4 is 16.6 Å². The van der Waals surface area contributed by atoms with E-state index in [2.05, 4.69) is 22.2 Å². The lowest BCUT2D eigenvalue weighted by atomic mass is 10.1. The van der Waals surface area contributed by atoms with Crippen LogP contribution in [0, 0.1) is 5.82 Å². The van der Waals surface area contributed by atoms with E-state index in [4.69, 9.17) is 9.47 Å². The maximum atomic E-state index is 13.5. The lowest BCUT2D eigenvalue weighted by Gasteiger charge is -2.34. The summed E-state index contributed by atoms with van der Waals surface area (Å²) >= 11 is 0. The summed E-state index contributed by atoms with van der Waals surface area (Å²) in [5, 5.41) is 4.46. The summed E-state index contributed by atoms with van der Waals surface area (Å²) in [6.45, 7) is 2.51. The van der Waals surface area contributed by atoms with Crippen LogP contribution >= 0.6 is 0 Å². The molecule has 1 atom stereocenters. The van der Waals surface area contributed by atoms with E-state index in [1.165, 1.54) is 6.07 Å². The molecule has 2 aromatic carbocycles. The Bertz CT molecular complexity index is 956. The van der Waals surface area contributed by atoms with Crippen LogP contribution in [0.3, 0.4) is 0 Å². The number of ether oxygens (including phenoxy) is 2. The third kappa shape index (κ3) is 3.92. The van der Waals surface area contributed by atoms with E-state index in [0.29, 0.717) is 0 Å². The number of nitrogens with one attached hydrogen (secondary N) is 2. The summed E-state index contributed by atoms with van der Waals surface area (Å²) in [6, 6.07) is 10.8. The minimum absolute atomic E-state index is 0.0896. The monoisotopic (exact) mass is 383 g/mol. The number of benzene rings is 2. The molecule has 0 saturated carbocycles. The van der Waals surface area contributed by atoms with Gasteiger partial charge in [0.05, 0.1) is 19.3 Å². The number of halogens is 1. The highest BCUT2D eigenvalue weighted by atomic mass is 19.1. The number of aryl methyl sites for hydroxylation is 1. The van der Waals surface area contributed by atoms with Crippen molar-refractivity contribution in [1.82, 2.24) is 10.3 Å². The molecule has 3 aromatic rings. The molecule has 148 valence electrons. The Morgan fingerprint density at radius 1 is 1.29 bits per heavy atom. The fourth-order valence-corrected chi connectivity index (χ4v) is 3.78. The van der Waals surface area contributed by atoms with Crippen LogP contribution in [-0.4, -0.2) is 44.9 Å². The van der Waals surface area contributed by atoms with Gasteiger partial charge in [0.1, 0.15) is 23.4 Å². The zero-order valence-electron chi connectivity index (χ0n) is 16.3. The van der Waals surface area contributed by atoms with Gasteiger partial charge in [-0.3, -0.25) is 0 Å². The van der Waals surface area contributed by atoms with Crippen LogP contribution in [0.4, 0.5) is 10.1 Å². The highest BCUT2D eigenvalue weighted by Gasteiger charge is 2.23. The topological polar surface area (TPSA) is 49.5 Å². The van der Waals surface area contributed by atoms with Gasteiger partial charge in [-0.05, 0) is 55.3 Å². The molecule has 0 fully saturated rings. The molecule has 2 heterocycles. The number of anilines is 1. The van der Waals surface area contributed by atoms with Gasteiger partial charge in [-0.25, -0.2) is 4.39 Å². The van der Waals surface area contributed by atoms with Crippen molar-refractivity contribution in [1.29, 1.82) is 0 Å². The normalized spacial score (nSPS) is 16.1. The number of rotatable bonds is 7. The van der Waals surface area contributed by atoms with Crippen LogP contribution < -0.4 is 19.7 Å². The highest BCUT2D eigenvalue weighted by Crippen LogP contribution is 2.35. The number of nitrogens with zero attached hydrogens (tertiary/aromatic N) is 1. The van der Waals surface area contributed by atoms with E-state index in [9.17, 15) is 4.39 Å². The molecular formula is C22H26FN3O2. The molecule has 5 nitrogen and oxygen atoms in total. The van der Waals surface area contributed by atoms with Gasteiger partial charge in [-0.1, -0.05) is 0 Å². The van der Waals surface area contributed by atoms with Crippen LogP contribution in [0.2, 0.25) is 0 Å². The van der Waals surface area contributed by atoms with Crippen LogP contribution in [0.25, 0.3) is 10.9 Å². The minimum Gasteiger partial charge on any atom is -0.497 e. The zero-order valence-corrected chi connectivity index (χ0v) is 16.3. The average Bonchev–Trinajstić information content (AvgIpc) is 3.09. The fraction of sp³-hybridized carbons (Fsp3) is 0.364. The van der Waals surface area contributed by atoms with Crippen molar-refractivity contribution in [3.05, 3.63) is 54.0 Å². The fourth-order valence-electron chi connectivity index (χ4n) is 3.78. The van der Waals surface area contributed by atoms with E-state index in [1.54, 1.807) is 19.2 Å². The third-order valence-electron chi connectivity index (χ3n) is 5.25. The molecule has 2 N–H and O–H groups in total. The van der Waals surface area contributed by atoms with Crippen LogP contribution in [-0.2, 0) is 6.42 Å². The maximum absolute atomic E-state index is 13.5. The van der Waals surface area contributed by atoms with E-state index < -0.39 is 0 Å². The third-order valence-corrected chi connectivity index (χ3v) is 5.25. The van der Waals surface area contributed by atoms with Crippen LogP contribution in [0.15, 0.2) is 42.6 Å². The number of hydrogen-bond acceptors (Lipinski definition) is 4. The Hall–Kier alpha value is -2.73. The molecule has 0 aliphatic carbocycles. The Balaban J connectivity index is 1.27. The molecule has 1 unspecified atom stereocenters. The number of aromatic amines is 1. The van der Waals surface area contributed by atoms with E-state index in [0.717, 1.165) is 66.1 Å². The second-order valence-corrected chi connectivity index (χ2v) is 7.27. The van der Waals surface area contributed by atoms with Gasteiger partial charge in [0, 0.05) is 36.8 Å². The van der Waals surface area contributed by atoms with Crippen molar-refractivity contribution in [2.45, 2.75) is 18.9 Å². The number of hydrogen-bond donors (Lipinski definition) is 2. The summed E-state index contributed by atoms with van der Waals surface area (Å²) in [4.78, 5) is 5.42. The Labute approximate surface area is 164 Å². The highest BCUT2D eigenvalue weighted by molar-refractivity contribution is 5.83. The van der Waals surface area contributed by atoms with E-state index in [-0.39, 0.29) is 11.9 Å². The van der Waals surface area contributed by atoms with Crippen molar-refractivity contribution in [3.63, 3.8) is 0 Å². The number of fused-ring (bicyclic) bond motifs is 2. The number of aromatic nitrogens is 1. The first-order valence-corrected chi connectivity index (χ1v) is 9.66. The standard InChI is InChI=1S/C22H26FN3O2/c1-26-14-18(28-22-11-17(27-2)6-8-21(22)26)13-24-9-3-4-15-12-25-20-7-5-16(23)10-19(15)20/h5-8,10-12,18,24-25H,3-4,9,13-14H2,1-2H3.